The van der Waals surface area contributed by atoms with Crippen molar-refractivity contribution in [2.75, 3.05) is 24.6 Å². The number of hydrogen-bond donors (Lipinski definition) is 0. The maximum Gasteiger partial charge on any atom is 0.225 e. The minimum Gasteiger partial charge on any atom is -0.483 e. The van der Waals surface area contributed by atoms with E-state index in [2.05, 4.69) is 14.9 Å². The van der Waals surface area contributed by atoms with Crippen molar-refractivity contribution in [2.45, 2.75) is 46.0 Å². The number of anilines is 1. The zero-order chi connectivity index (χ0) is 16.7. The van der Waals surface area contributed by atoms with Crippen LogP contribution in [0.5, 0.6) is 5.75 Å². The highest BCUT2D eigenvalue weighted by molar-refractivity contribution is 5.77. The van der Waals surface area contributed by atoms with Crippen LogP contribution < -0.4 is 9.64 Å². The lowest BCUT2D eigenvalue weighted by molar-refractivity contribution is -0.119. The Morgan fingerprint density at radius 1 is 1.17 bits per heavy atom. The summed E-state index contributed by atoms with van der Waals surface area (Å²) >= 11 is 0. The van der Waals surface area contributed by atoms with Crippen molar-refractivity contribution in [1.82, 2.24) is 9.97 Å². The Kier molecular flexibility index (Phi) is 6.50. The van der Waals surface area contributed by atoms with Crippen molar-refractivity contribution in [1.29, 1.82) is 0 Å². The second-order valence-electron chi connectivity index (χ2n) is 6.23. The normalized spacial score (nSPS) is 15.5. The highest BCUT2D eigenvalue weighted by atomic mass is 16.5. The summed E-state index contributed by atoms with van der Waals surface area (Å²) in [6.07, 6.45) is 8.29. The molecule has 126 valence electrons. The van der Waals surface area contributed by atoms with Gasteiger partial charge in [-0.2, -0.15) is 0 Å². The second-order valence-corrected chi connectivity index (χ2v) is 6.23. The molecule has 0 radical (unpaired) electrons. The van der Waals surface area contributed by atoms with E-state index in [9.17, 15) is 9.59 Å². The SMILES string of the molecule is CC(=O)CCCC1CCN(c2ncc(OCC(C)=O)cn2)CC1. The van der Waals surface area contributed by atoms with E-state index in [4.69, 9.17) is 4.74 Å². The molecule has 0 bridgehead atoms. The van der Waals surface area contributed by atoms with Crippen molar-refractivity contribution in [2.24, 2.45) is 5.92 Å². The lowest BCUT2D eigenvalue weighted by Gasteiger charge is -2.32. The number of rotatable bonds is 8. The Bertz CT molecular complexity index is 522. The van der Waals surface area contributed by atoms with Gasteiger partial charge in [0, 0.05) is 19.5 Å². The third kappa shape index (κ3) is 5.96. The summed E-state index contributed by atoms with van der Waals surface area (Å²) in [6, 6.07) is 0. The third-order valence-corrected chi connectivity index (χ3v) is 4.10. The van der Waals surface area contributed by atoms with E-state index in [1.807, 2.05) is 0 Å². The Balaban J connectivity index is 1.76. The van der Waals surface area contributed by atoms with E-state index in [1.165, 1.54) is 6.92 Å². The highest BCUT2D eigenvalue weighted by Crippen LogP contribution is 2.25. The minimum absolute atomic E-state index is 0.0269. The van der Waals surface area contributed by atoms with Gasteiger partial charge >= 0.3 is 0 Å². The highest BCUT2D eigenvalue weighted by Gasteiger charge is 2.20. The molecule has 0 atom stereocenters. The van der Waals surface area contributed by atoms with Gasteiger partial charge in [-0.15, -0.1) is 0 Å². The summed E-state index contributed by atoms with van der Waals surface area (Å²) in [4.78, 5) is 32.7. The molecule has 6 heteroatoms. The topological polar surface area (TPSA) is 72.4 Å². The Morgan fingerprint density at radius 3 is 2.39 bits per heavy atom. The van der Waals surface area contributed by atoms with Crippen LogP contribution in [0.3, 0.4) is 0 Å². The van der Waals surface area contributed by atoms with Gasteiger partial charge in [-0.25, -0.2) is 9.97 Å². The van der Waals surface area contributed by atoms with Crippen molar-refractivity contribution < 1.29 is 14.3 Å². The Labute approximate surface area is 137 Å². The molecule has 6 nitrogen and oxygen atoms in total. The zero-order valence-corrected chi connectivity index (χ0v) is 14.0. The second kappa shape index (κ2) is 8.60. The molecule has 2 rings (SSSR count). The van der Waals surface area contributed by atoms with E-state index in [1.54, 1.807) is 19.3 Å². The Morgan fingerprint density at radius 2 is 1.83 bits per heavy atom. The molecule has 0 spiro atoms. The fraction of sp³-hybridized carbons (Fsp3) is 0.647. The van der Waals surface area contributed by atoms with Crippen LogP contribution in [0.25, 0.3) is 0 Å². The van der Waals surface area contributed by atoms with E-state index >= 15 is 0 Å². The summed E-state index contributed by atoms with van der Waals surface area (Å²) in [6.45, 7) is 5.07. The average molecular weight is 319 g/mol. The summed E-state index contributed by atoms with van der Waals surface area (Å²) in [5, 5.41) is 0. The molecule has 1 aliphatic heterocycles. The van der Waals surface area contributed by atoms with Crippen LogP contribution in [0.1, 0.15) is 46.0 Å². The minimum atomic E-state index is -0.0269. The number of hydrogen-bond acceptors (Lipinski definition) is 6. The number of Topliss-reactive ketones (excluding diaryl/α,β-unsaturated/α-hetero) is 2. The van der Waals surface area contributed by atoms with Gasteiger partial charge in [0.25, 0.3) is 0 Å². The standard InChI is InChI=1S/C17H25N3O3/c1-13(21)4-3-5-15-6-8-20(9-7-15)17-18-10-16(11-19-17)23-12-14(2)22/h10-11,15H,3-9,12H2,1-2H3. The van der Waals surface area contributed by atoms with Gasteiger partial charge in [-0.3, -0.25) is 4.79 Å². The van der Waals surface area contributed by atoms with Crippen LogP contribution in [0.15, 0.2) is 12.4 Å². The monoisotopic (exact) mass is 319 g/mol. The first-order chi connectivity index (χ1) is 11.0. The molecule has 1 aromatic rings. The van der Waals surface area contributed by atoms with Gasteiger partial charge in [-0.1, -0.05) is 0 Å². The van der Waals surface area contributed by atoms with Crippen LogP contribution in [-0.4, -0.2) is 41.2 Å². The van der Waals surface area contributed by atoms with Gasteiger partial charge in [-0.05, 0) is 45.4 Å². The van der Waals surface area contributed by atoms with Gasteiger partial charge in [0.1, 0.15) is 12.4 Å². The first kappa shape index (κ1) is 17.4. The maximum absolute atomic E-state index is 11.0. The number of carbonyl (C=O) groups is 2. The quantitative estimate of drug-likeness (QED) is 0.733. The summed E-state index contributed by atoms with van der Waals surface area (Å²) < 4.78 is 5.27. The molecule has 0 unspecified atom stereocenters. The van der Waals surface area contributed by atoms with E-state index < -0.39 is 0 Å². The van der Waals surface area contributed by atoms with Gasteiger partial charge in [0.2, 0.25) is 5.95 Å². The predicted octanol–water partition coefficient (Wildman–Crippen LogP) is 2.42. The molecule has 1 saturated heterocycles. The van der Waals surface area contributed by atoms with Crippen LogP contribution in [0, 0.1) is 5.92 Å². The first-order valence-corrected chi connectivity index (χ1v) is 8.23. The zero-order valence-electron chi connectivity index (χ0n) is 14.0. The van der Waals surface area contributed by atoms with Crippen LogP contribution in [0.4, 0.5) is 5.95 Å². The van der Waals surface area contributed by atoms with Crippen molar-refractivity contribution in [3.63, 3.8) is 0 Å². The smallest absolute Gasteiger partial charge is 0.225 e. The molecule has 23 heavy (non-hydrogen) atoms. The summed E-state index contributed by atoms with van der Waals surface area (Å²) in [5.41, 5.74) is 0. The number of carbonyl (C=O) groups excluding carboxylic acids is 2. The van der Waals surface area contributed by atoms with E-state index in [0.29, 0.717) is 24.0 Å². The largest absolute Gasteiger partial charge is 0.483 e. The number of aromatic nitrogens is 2. The molecule has 1 aliphatic rings. The summed E-state index contributed by atoms with van der Waals surface area (Å²) in [5.74, 6) is 2.18. The van der Waals surface area contributed by atoms with Gasteiger partial charge < -0.3 is 14.4 Å². The van der Waals surface area contributed by atoms with E-state index in [-0.39, 0.29) is 18.2 Å². The maximum atomic E-state index is 11.0. The molecule has 0 aliphatic carbocycles. The first-order valence-electron chi connectivity index (χ1n) is 8.23. The van der Waals surface area contributed by atoms with Crippen molar-refractivity contribution in [3.05, 3.63) is 12.4 Å². The van der Waals surface area contributed by atoms with Crippen LogP contribution >= 0.6 is 0 Å². The van der Waals surface area contributed by atoms with Crippen LogP contribution in [-0.2, 0) is 9.59 Å². The average Bonchev–Trinajstić information content (AvgIpc) is 2.54. The summed E-state index contributed by atoms with van der Waals surface area (Å²) in [7, 11) is 0. The van der Waals surface area contributed by atoms with Crippen LogP contribution in [0.2, 0.25) is 0 Å². The lowest BCUT2D eigenvalue weighted by atomic mass is 9.91. The molecule has 0 N–H and O–H groups in total. The number of ketones is 2. The van der Waals surface area contributed by atoms with Crippen molar-refractivity contribution in [3.8, 4) is 5.75 Å². The number of nitrogens with zero attached hydrogens (tertiary/aromatic N) is 3. The van der Waals surface area contributed by atoms with Crippen molar-refractivity contribution >= 4 is 17.5 Å². The predicted molar refractivity (Wildman–Crippen MR) is 87.7 cm³/mol. The fourth-order valence-electron chi connectivity index (χ4n) is 2.79. The van der Waals surface area contributed by atoms with Gasteiger partial charge in [0.05, 0.1) is 12.4 Å². The van der Waals surface area contributed by atoms with Gasteiger partial charge in [0.15, 0.2) is 11.5 Å². The molecule has 1 aromatic heterocycles. The molecule has 0 aromatic carbocycles. The molecule has 0 amide bonds. The molecular weight excluding hydrogens is 294 g/mol. The molecule has 2 heterocycles. The molecular formula is C17H25N3O3. The molecule has 0 saturated carbocycles. The number of ether oxygens (including phenoxy) is 1. The lowest BCUT2D eigenvalue weighted by Crippen LogP contribution is -2.34. The number of piperidine rings is 1. The fourth-order valence-corrected chi connectivity index (χ4v) is 2.79. The molecule has 1 fully saturated rings. The Hall–Kier alpha value is -1.98. The third-order valence-electron chi connectivity index (χ3n) is 4.10. The van der Waals surface area contributed by atoms with E-state index in [0.717, 1.165) is 38.8 Å².